The van der Waals surface area contributed by atoms with E-state index in [0.717, 1.165) is 11.4 Å². The summed E-state index contributed by atoms with van der Waals surface area (Å²) in [6, 6.07) is 0.492. The van der Waals surface area contributed by atoms with Gasteiger partial charge in [-0.25, -0.2) is 0 Å². The number of nitrogens with two attached hydrogens (primary N) is 1. The van der Waals surface area contributed by atoms with E-state index < -0.39 is 0 Å². The molecule has 3 N–H and O–H groups in total. The second kappa shape index (κ2) is 4.56. The normalized spacial score (nSPS) is 22.3. The third-order valence-electron chi connectivity index (χ3n) is 3.10. The molecule has 0 saturated heterocycles. The first-order valence-corrected chi connectivity index (χ1v) is 6.66. The Labute approximate surface area is 105 Å². The van der Waals surface area contributed by atoms with Gasteiger partial charge in [-0.1, -0.05) is 13.8 Å². The Kier molecular flexibility index (Phi) is 3.28. The summed E-state index contributed by atoms with van der Waals surface area (Å²) >= 11 is 1.40. The second-order valence-corrected chi connectivity index (χ2v) is 5.47. The van der Waals surface area contributed by atoms with Crippen LogP contribution in [-0.2, 0) is 0 Å². The van der Waals surface area contributed by atoms with Crippen molar-refractivity contribution >= 4 is 27.8 Å². The van der Waals surface area contributed by atoms with Crippen molar-refractivity contribution in [2.24, 2.45) is 5.92 Å². The van der Waals surface area contributed by atoms with Crippen LogP contribution in [-0.4, -0.2) is 18.9 Å². The Morgan fingerprint density at radius 3 is 2.76 bits per heavy atom. The fraction of sp³-hybridized carbons (Fsp3) is 0.583. The zero-order valence-corrected chi connectivity index (χ0v) is 11.2. The third kappa shape index (κ3) is 2.24. The summed E-state index contributed by atoms with van der Waals surface area (Å²) in [7, 11) is 1.58. The number of anilines is 2. The van der Waals surface area contributed by atoms with Crippen molar-refractivity contribution in [3.63, 3.8) is 0 Å². The molecule has 1 aliphatic rings. The summed E-state index contributed by atoms with van der Waals surface area (Å²) in [5.74, 6) is 1.38. The fourth-order valence-corrected chi connectivity index (χ4v) is 2.95. The highest BCUT2D eigenvalue weighted by molar-refractivity contribution is 7.19. The predicted octanol–water partition coefficient (Wildman–Crippen LogP) is 2.75. The van der Waals surface area contributed by atoms with Crippen molar-refractivity contribution in [3.8, 4) is 5.75 Å². The van der Waals surface area contributed by atoms with Gasteiger partial charge in [0.25, 0.3) is 0 Å². The molecule has 1 saturated carbocycles. The van der Waals surface area contributed by atoms with Crippen LogP contribution in [0.25, 0.3) is 0 Å². The lowest BCUT2D eigenvalue weighted by atomic mass is 10.2. The van der Waals surface area contributed by atoms with Crippen molar-refractivity contribution in [3.05, 3.63) is 4.88 Å². The van der Waals surface area contributed by atoms with E-state index in [9.17, 15) is 4.79 Å². The molecule has 0 aliphatic heterocycles. The third-order valence-corrected chi connectivity index (χ3v) is 4.26. The molecule has 1 aromatic rings. The zero-order chi connectivity index (χ0) is 12.6. The highest BCUT2D eigenvalue weighted by atomic mass is 32.1. The van der Waals surface area contributed by atoms with Gasteiger partial charge in [-0.3, -0.25) is 4.79 Å². The molecule has 17 heavy (non-hydrogen) atoms. The molecule has 1 fully saturated rings. The molecule has 1 aliphatic carbocycles. The summed E-state index contributed by atoms with van der Waals surface area (Å²) in [6.45, 7) is 4.03. The van der Waals surface area contributed by atoms with E-state index in [-0.39, 0.29) is 5.78 Å². The van der Waals surface area contributed by atoms with Crippen LogP contribution in [0.4, 0.5) is 10.7 Å². The predicted molar refractivity (Wildman–Crippen MR) is 71.1 cm³/mol. The Morgan fingerprint density at radius 1 is 1.65 bits per heavy atom. The van der Waals surface area contributed by atoms with Crippen LogP contribution in [0.15, 0.2) is 0 Å². The first-order valence-electron chi connectivity index (χ1n) is 5.84. The maximum Gasteiger partial charge on any atom is 0.176 e. The minimum absolute atomic E-state index is 0.0719. The summed E-state index contributed by atoms with van der Waals surface area (Å²) in [6.07, 6.45) is 1.63. The molecule has 2 rings (SSSR count). The van der Waals surface area contributed by atoms with Crippen LogP contribution in [0.5, 0.6) is 5.75 Å². The lowest BCUT2D eigenvalue weighted by Gasteiger charge is -2.05. The van der Waals surface area contributed by atoms with Gasteiger partial charge in [-0.05, 0) is 12.3 Å². The van der Waals surface area contributed by atoms with Crippen molar-refractivity contribution in [1.82, 2.24) is 0 Å². The SMILES string of the molecule is CCC(=O)c1sc(NC2CC2C)c(OC)c1N. The maximum atomic E-state index is 11.7. The van der Waals surface area contributed by atoms with Crippen LogP contribution < -0.4 is 15.8 Å². The molecule has 0 radical (unpaired) electrons. The van der Waals surface area contributed by atoms with Crippen LogP contribution in [0.2, 0.25) is 0 Å². The van der Waals surface area contributed by atoms with Gasteiger partial charge in [0, 0.05) is 12.5 Å². The lowest BCUT2D eigenvalue weighted by Crippen LogP contribution is -2.03. The van der Waals surface area contributed by atoms with Crippen LogP contribution >= 0.6 is 11.3 Å². The first kappa shape index (κ1) is 12.2. The molecular weight excluding hydrogens is 236 g/mol. The highest BCUT2D eigenvalue weighted by Gasteiger charge is 2.34. The molecule has 1 aromatic heterocycles. The molecule has 0 spiro atoms. The molecule has 2 atom stereocenters. The molecule has 2 unspecified atom stereocenters. The largest absolute Gasteiger partial charge is 0.492 e. The average Bonchev–Trinajstić information content (AvgIpc) is 2.90. The van der Waals surface area contributed by atoms with Crippen molar-refractivity contribution in [2.75, 3.05) is 18.2 Å². The van der Waals surface area contributed by atoms with E-state index in [4.69, 9.17) is 10.5 Å². The molecule has 0 amide bonds. The Balaban J connectivity index is 2.27. The molecular formula is C12H18N2O2S. The number of ether oxygens (including phenoxy) is 1. The van der Waals surface area contributed by atoms with Gasteiger partial charge < -0.3 is 15.8 Å². The van der Waals surface area contributed by atoms with E-state index in [2.05, 4.69) is 12.2 Å². The van der Waals surface area contributed by atoms with Crippen LogP contribution in [0, 0.1) is 5.92 Å². The summed E-state index contributed by atoms with van der Waals surface area (Å²) < 4.78 is 5.29. The number of Topliss-reactive ketones (excluding diaryl/α,β-unsaturated/α-hetero) is 1. The number of ketones is 1. The molecule has 4 nitrogen and oxygen atoms in total. The molecule has 0 aromatic carbocycles. The number of rotatable bonds is 5. The number of nitrogens with one attached hydrogen (secondary N) is 1. The molecule has 5 heteroatoms. The van der Waals surface area contributed by atoms with Gasteiger partial charge in [0.15, 0.2) is 11.5 Å². The number of thiophene rings is 1. The Hall–Kier alpha value is -1.23. The second-order valence-electron chi connectivity index (χ2n) is 4.45. The van der Waals surface area contributed by atoms with E-state index in [1.165, 1.54) is 11.3 Å². The van der Waals surface area contributed by atoms with Crippen molar-refractivity contribution < 1.29 is 9.53 Å². The molecule has 1 heterocycles. The number of carbonyl (C=O) groups excluding carboxylic acids is 1. The minimum atomic E-state index is 0.0719. The summed E-state index contributed by atoms with van der Waals surface area (Å²) in [4.78, 5) is 12.3. The van der Waals surface area contributed by atoms with Gasteiger partial charge in [-0.15, -0.1) is 11.3 Å². The number of methoxy groups -OCH3 is 1. The average molecular weight is 254 g/mol. The van der Waals surface area contributed by atoms with E-state index >= 15 is 0 Å². The summed E-state index contributed by atoms with van der Waals surface area (Å²) in [5, 5.41) is 4.27. The van der Waals surface area contributed by atoms with E-state index in [1.807, 2.05) is 6.92 Å². The Morgan fingerprint density at radius 2 is 2.29 bits per heavy atom. The summed E-state index contributed by atoms with van der Waals surface area (Å²) in [5.41, 5.74) is 6.42. The van der Waals surface area contributed by atoms with Gasteiger partial charge in [0.1, 0.15) is 5.00 Å². The van der Waals surface area contributed by atoms with E-state index in [0.29, 0.717) is 34.7 Å². The maximum absolute atomic E-state index is 11.7. The zero-order valence-electron chi connectivity index (χ0n) is 10.4. The Bertz CT molecular complexity index is 442. The fourth-order valence-electron chi connectivity index (χ4n) is 1.79. The lowest BCUT2D eigenvalue weighted by molar-refractivity contribution is 0.0992. The van der Waals surface area contributed by atoms with Crippen molar-refractivity contribution in [1.29, 1.82) is 0 Å². The highest BCUT2D eigenvalue weighted by Crippen LogP contribution is 2.45. The first-order chi connectivity index (χ1) is 8.08. The number of nitrogen functional groups attached to an aromatic ring is 1. The quantitative estimate of drug-likeness (QED) is 0.793. The molecule has 94 valence electrons. The van der Waals surface area contributed by atoms with Crippen LogP contribution in [0.3, 0.4) is 0 Å². The smallest absolute Gasteiger partial charge is 0.176 e. The number of hydrogen-bond acceptors (Lipinski definition) is 5. The molecule has 0 bridgehead atoms. The standard InChI is InChI=1S/C12H18N2O2S/c1-4-8(15)11-9(13)10(16-3)12(17-11)14-7-5-6(7)2/h6-7,14H,4-5,13H2,1-3H3. The van der Waals surface area contributed by atoms with Gasteiger partial charge in [0.2, 0.25) is 0 Å². The van der Waals surface area contributed by atoms with E-state index in [1.54, 1.807) is 7.11 Å². The topological polar surface area (TPSA) is 64.3 Å². The van der Waals surface area contributed by atoms with Crippen molar-refractivity contribution in [2.45, 2.75) is 32.7 Å². The minimum Gasteiger partial charge on any atom is -0.492 e. The van der Waals surface area contributed by atoms with Gasteiger partial charge in [-0.2, -0.15) is 0 Å². The van der Waals surface area contributed by atoms with Gasteiger partial charge in [0.05, 0.1) is 17.7 Å². The number of carbonyl (C=O) groups is 1. The number of hydrogen-bond donors (Lipinski definition) is 2. The monoisotopic (exact) mass is 254 g/mol. The van der Waals surface area contributed by atoms with Crippen LogP contribution in [0.1, 0.15) is 36.4 Å². The van der Waals surface area contributed by atoms with Gasteiger partial charge >= 0.3 is 0 Å².